The Hall–Kier alpha value is -3.86. The first-order valence-corrected chi connectivity index (χ1v) is 14.1. The lowest BCUT2D eigenvalue weighted by atomic mass is 9.68. The van der Waals surface area contributed by atoms with E-state index in [2.05, 4.69) is 29.3 Å². The van der Waals surface area contributed by atoms with Gasteiger partial charge in [0.25, 0.3) is 0 Å². The number of piperazine rings is 1. The number of nitrogens with one attached hydrogen (secondary N) is 1. The van der Waals surface area contributed by atoms with Gasteiger partial charge in [0.05, 0.1) is 11.0 Å². The topological polar surface area (TPSA) is 110 Å². The molecule has 2 aromatic rings. The molecule has 1 heterocycles. The van der Waals surface area contributed by atoms with Crippen molar-refractivity contribution in [1.29, 1.82) is 0 Å². The number of carboxylic acid groups (broad SMARTS) is 2. The van der Waals surface area contributed by atoms with E-state index >= 15 is 0 Å². The standard InChI is InChI=1S/C27H34F3N3O.C4H4O4/c1-21(20-31-25(34)26(13-6-3-7-14-26)22-9-4-2-5-10-22)32-15-17-33(18-16-32)24-12-8-11-23(19-24)27(28,29)30;5-3(6)1-2-4(7)8/h2,4-5,8-12,19,21H,3,6-7,13-18,20H2,1H3,(H,31,34);1-2H,(H,5,6)(H,7,8)/b;2-1-. The molecule has 1 atom stereocenters. The number of carbonyl (C=O) groups excluding carboxylic acids is 1. The predicted molar refractivity (Wildman–Crippen MR) is 153 cm³/mol. The summed E-state index contributed by atoms with van der Waals surface area (Å²) in [7, 11) is 0. The minimum Gasteiger partial charge on any atom is -0.478 e. The Morgan fingerprint density at radius 1 is 0.905 bits per heavy atom. The summed E-state index contributed by atoms with van der Waals surface area (Å²) >= 11 is 0. The number of rotatable bonds is 8. The van der Waals surface area contributed by atoms with E-state index in [1.165, 1.54) is 18.6 Å². The van der Waals surface area contributed by atoms with Crippen LogP contribution in [0.5, 0.6) is 0 Å². The summed E-state index contributed by atoms with van der Waals surface area (Å²) in [4.78, 5) is 36.8. The van der Waals surface area contributed by atoms with Crippen molar-refractivity contribution in [2.24, 2.45) is 0 Å². The Labute approximate surface area is 243 Å². The predicted octanol–water partition coefficient (Wildman–Crippen LogP) is 4.95. The number of nitrogens with zero attached hydrogens (tertiary/aromatic N) is 2. The van der Waals surface area contributed by atoms with Crippen molar-refractivity contribution in [3.8, 4) is 0 Å². The average molecular weight is 590 g/mol. The second-order valence-corrected chi connectivity index (χ2v) is 10.6. The van der Waals surface area contributed by atoms with Gasteiger partial charge < -0.3 is 20.4 Å². The van der Waals surface area contributed by atoms with Gasteiger partial charge in [0.2, 0.25) is 5.91 Å². The molecule has 0 bridgehead atoms. The van der Waals surface area contributed by atoms with Crippen LogP contribution < -0.4 is 10.2 Å². The Balaban J connectivity index is 0.000000531. The molecule has 1 unspecified atom stereocenters. The molecular formula is C31H38F3N3O5. The number of alkyl halides is 3. The normalized spacial score (nSPS) is 18.0. The van der Waals surface area contributed by atoms with Crippen molar-refractivity contribution in [2.75, 3.05) is 37.6 Å². The van der Waals surface area contributed by atoms with Gasteiger partial charge in [-0.3, -0.25) is 9.69 Å². The third-order valence-electron chi connectivity index (χ3n) is 7.87. The van der Waals surface area contributed by atoms with Crippen molar-refractivity contribution >= 4 is 23.5 Å². The summed E-state index contributed by atoms with van der Waals surface area (Å²) < 4.78 is 39.2. The highest BCUT2D eigenvalue weighted by Crippen LogP contribution is 2.39. The summed E-state index contributed by atoms with van der Waals surface area (Å²) in [5, 5.41) is 18.9. The number of hydrogen-bond acceptors (Lipinski definition) is 5. The first-order valence-electron chi connectivity index (χ1n) is 14.1. The molecule has 1 amide bonds. The highest BCUT2D eigenvalue weighted by molar-refractivity contribution is 5.89. The highest BCUT2D eigenvalue weighted by atomic mass is 19.4. The summed E-state index contributed by atoms with van der Waals surface area (Å²) in [6.07, 6.45) is 1.85. The van der Waals surface area contributed by atoms with Crippen LogP contribution in [0.25, 0.3) is 0 Å². The van der Waals surface area contributed by atoms with Crippen LogP contribution in [0.3, 0.4) is 0 Å². The monoisotopic (exact) mass is 589 g/mol. The Kier molecular flexibility index (Phi) is 11.6. The van der Waals surface area contributed by atoms with E-state index in [4.69, 9.17) is 10.2 Å². The molecule has 1 saturated carbocycles. The van der Waals surface area contributed by atoms with Crippen LogP contribution in [0, 0.1) is 0 Å². The maximum Gasteiger partial charge on any atom is 0.416 e. The second kappa shape index (κ2) is 14.9. The summed E-state index contributed by atoms with van der Waals surface area (Å²) in [6.45, 7) is 5.49. The summed E-state index contributed by atoms with van der Waals surface area (Å²) in [6, 6.07) is 15.8. The van der Waals surface area contributed by atoms with E-state index in [1.54, 1.807) is 6.07 Å². The zero-order chi connectivity index (χ0) is 30.8. The number of carboxylic acids is 2. The van der Waals surface area contributed by atoms with Crippen LogP contribution in [-0.4, -0.2) is 71.7 Å². The number of carbonyl (C=O) groups is 3. The zero-order valence-electron chi connectivity index (χ0n) is 23.6. The van der Waals surface area contributed by atoms with Crippen LogP contribution in [0.4, 0.5) is 18.9 Å². The van der Waals surface area contributed by atoms with Gasteiger partial charge in [-0.05, 0) is 43.5 Å². The molecule has 8 nitrogen and oxygen atoms in total. The van der Waals surface area contributed by atoms with Crippen LogP contribution in [0.15, 0.2) is 66.7 Å². The molecule has 1 aliphatic heterocycles. The van der Waals surface area contributed by atoms with E-state index < -0.39 is 29.1 Å². The molecule has 1 aliphatic carbocycles. The molecule has 0 aromatic heterocycles. The molecule has 11 heteroatoms. The van der Waals surface area contributed by atoms with Crippen LogP contribution in [-0.2, 0) is 26.0 Å². The third kappa shape index (κ3) is 9.07. The highest BCUT2D eigenvalue weighted by Gasteiger charge is 2.41. The quantitative estimate of drug-likeness (QED) is 0.374. The van der Waals surface area contributed by atoms with Crippen molar-refractivity contribution in [1.82, 2.24) is 10.2 Å². The van der Waals surface area contributed by atoms with Crippen molar-refractivity contribution in [3.63, 3.8) is 0 Å². The minimum absolute atomic E-state index is 0.118. The molecule has 0 radical (unpaired) electrons. The van der Waals surface area contributed by atoms with Gasteiger partial charge in [0, 0.05) is 56.6 Å². The summed E-state index contributed by atoms with van der Waals surface area (Å²) in [5.74, 6) is -2.40. The lowest BCUT2D eigenvalue weighted by molar-refractivity contribution is -0.137. The fourth-order valence-corrected chi connectivity index (χ4v) is 5.54. The fraction of sp³-hybridized carbons (Fsp3) is 0.452. The average Bonchev–Trinajstić information content (AvgIpc) is 2.99. The number of halogens is 3. The molecule has 2 aromatic carbocycles. The van der Waals surface area contributed by atoms with Gasteiger partial charge in [-0.15, -0.1) is 0 Å². The molecule has 4 rings (SSSR count). The Morgan fingerprint density at radius 2 is 1.50 bits per heavy atom. The second-order valence-electron chi connectivity index (χ2n) is 10.6. The minimum atomic E-state index is -4.33. The molecule has 42 heavy (non-hydrogen) atoms. The first kappa shape index (κ1) is 32.7. The number of anilines is 1. The van der Waals surface area contributed by atoms with E-state index in [1.807, 2.05) is 23.1 Å². The van der Waals surface area contributed by atoms with Crippen molar-refractivity contribution < 1.29 is 37.8 Å². The molecule has 0 spiro atoms. The molecule has 1 saturated heterocycles. The van der Waals surface area contributed by atoms with Crippen LogP contribution >= 0.6 is 0 Å². The van der Waals surface area contributed by atoms with Crippen LogP contribution in [0.1, 0.15) is 50.2 Å². The number of amides is 1. The Morgan fingerprint density at radius 3 is 2.05 bits per heavy atom. The molecule has 3 N–H and O–H groups in total. The lowest BCUT2D eigenvalue weighted by Gasteiger charge is -2.40. The zero-order valence-corrected chi connectivity index (χ0v) is 23.6. The number of aliphatic carboxylic acids is 2. The molecular weight excluding hydrogens is 551 g/mol. The maximum absolute atomic E-state index is 13.4. The number of hydrogen-bond donors (Lipinski definition) is 3. The molecule has 228 valence electrons. The first-order chi connectivity index (χ1) is 19.9. The Bertz CT molecular complexity index is 1210. The number of benzene rings is 2. The largest absolute Gasteiger partial charge is 0.478 e. The van der Waals surface area contributed by atoms with E-state index in [0.29, 0.717) is 37.5 Å². The lowest BCUT2D eigenvalue weighted by Crippen LogP contribution is -2.54. The van der Waals surface area contributed by atoms with Gasteiger partial charge >= 0.3 is 18.1 Å². The van der Waals surface area contributed by atoms with Gasteiger partial charge in [-0.2, -0.15) is 13.2 Å². The van der Waals surface area contributed by atoms with Crippen molar-refractivity contribution in [3.05, 3.63) is 77.9 Å². The SMILES string of the molecule is CC(CNC(=O)C1(c2ccccc2)CCCCC1)N1CCN(c2cccc(C(F)(F)F)c2)CC1.O=C(O)/C=C\C(=O)O. The van der Waals surface area contributed by atoms with Gasteiger partial charge in [-0.1, -0.05) is 55.7 Å². The summed E-state index contributed by atoms with van der Waals surface area (Å²) in [5.41, 5.74) is 0.659. The van der Waals surface area contributed by atoms with Gasteiger partial charge in [0.1, 0.15) is 0 Å². The van der Waals surface area contributed by atoms with Gasteiger partial charge in [-0.25, -0.2) is 9.59 Å². The van der Waals surface area contributed by atoms with E-state index in [0.717, 1.165) is 50.4 Å². The van der Waals surface area contributed by atoms with Crippen molar-refractivity contribution in [2.45, 2.75) is 56.7 Å². The van der Waals surface area contributed by atoms with Crippen LogP contribution in [0.2, 0.25) is 0 Å². The fourth-order valence-electron chi connectivity index (χ4n) is 5.54. The van der Waals surface area contributed by atoms with E-state index in [9.17, 15) is 27.6 Å². The smallest absolute Gasteiger partial charge is 0.416 e. The van der Waals surface area contributed by atoms with Gasteiger partial charge in [0.15, 0.2) is 0 Å². The maximum atomic E-state index is 13.4. The van der Waals surface area contributed by atoms with E-state index in [-0.39, 0.29) is 11.9 Å². The third-order valence-corrected chi connectivity index (χ3v) is 7.87. The molecule has 2 fully saturated rings. The molecule has 2 aliphatic rings.